The molecule has 0 aromatic heterocycles. The topological polar surface area (TPSA) is 114 Å². The standard InChI is InChI=1S/C25H30N2O6/c1-16(8-7-13-23(28)29)26-24(30)22(15-32-2)27-25(31)33-14-21-19-11-5-3-9-17(19)18-10-4-6-12-20(18)21/h3-6,9-12,16,21-22H,7-8,13-15H2,1-2H3,(H,26,30)(H,27,31)(H,28,29). The third-order valence-electron chi connectivity index (χ3n) is 5.70. The fourth-order valence-electron chi connectivity index (χ4n) is 4.11. The molecular weight excluding hydrogens is 424 g/mol. The Hall–Kier alpha value is -3.39. The summed E-state index contributed by atoms with van der Waals surface area (Å²) in [6, 6.07) is 14.9. The van der Waals surface area contributed by atoms with Crippen LogP contribution in [0.1, 0.15) is 43.2 Å². The lowest BCUT2D eigenvalue weighted by Gasteiger charge is -2.21. The zero-order valence-electron chi connectivity index (χ0n) is 18.9. The van der Waals surface area contributed by atoms with Gasteiger partial charge in [-0.2, -0.15) is 0 Å². The second-order valence-electron chi connectivity index (χ2n) is 8.17. The number of nitrogens with one attached hydrogen (secondary N) is 2. The molecule has 2 unspecified atom stereocenters. The van der Waals surface area contributed by atoms with Crippen LogP contribution in [0.2, 0.25) is 0 Å². The second-order valence-corrected chi connectivity index (χ2v) is 8.17. The van der Waals surface area contributed by atoms with Gasteiger partial charge in [-0.1, -0.05) is 48.5 Å². The maximum Gasteiger partial charge on any atom is 0.407 e. The van der Waals surface area contributed by atoms with E-state index in [-0.39, 0.29) is 31.6 Å². The Morgan fingerprint density at radius 3 is 2.18 bits per heavy atom. The minimum atomic E-state index is -0.924. The number of carbonyl (C=O) groups is 3. The van der Waals surface area contributed by atoms with Gasteiger partial charge >= 0.3 is 12.1 Å². The van der Waals surface area contributed by atoms with Crippen LogP contribution in [-0.2, 0) is 19.1 Å². The third-order valence-corrected chi connectivity index (χ3v) is 5.70. The maximum atomic E-state index is 12.6. The molecule has 0 fully saturated rings. The number of methoxy groups -OCH3 is 1. The molecule has 1 aliphatic carbocycles. The Kier molecular flexibility index (Phi) is 8.43. The van der Waals surface area contributed by atoms with E-state index in [2.05, 4.69) is 22.8 Å². The SMILES string of the molecule is COCC(NC(=O)OCC1c2ccccc2-c2ccccc21)C(=O)NC(C)CCCC(=O)O. The minimum absolute atomic E-state index is 0.0160. The van der Waals surface area contributed by atoms with Crippen molar-refractivity contribution >= 4 is 18.0 Å². The summed E-state index contributed by atoms with van der Waals surface area (Å²) in [6.45, 7) is 1.92. The summed E-state index contributed by atoms with van der Waals surface area (Å²) in [6.07, 6.45) is 0.307. The number of benzene rings is 2. The zero-order chi connectivity index (χ0) is 23.8. The summed E-state index contributed by atoms with van der Waals surface area (Å²) in [5, 5.41) is 14.1. The average Bonchev–Trinajstić information content (AvgIpc) is 3.11. The van der Waals surface area contributed by atoms with Gasteiger partial charge in [-0.05, 0) is 42.0 Å². The van der Waals surface area contributed by atoms with Gasteiger partial charge in [-0.15, -0.1) is 0 Å². The van der Waals surface area contributed by atoms with E-state index in [4.69, 9.17) is 14.6 Å². The molecule has 176 valence electrons. The highest BCUT2D eigenvalue weighted by atomic mass is 16.5. The Morgan fingerprint density at radius 2 is 1.61 bits per heavy atom. The van der Waals surface area contributed by atoms with E-state index in [1.165, 1.54) is 7.11 Å². The van der Waals surface area contributed by atoms with Crippen molar-refractivity contribution in [1.82, 2.24) is 10.6 Å². The molecule has 2 aromatic carbocycles. The number of amides is 2. The van der Waals surface area contributed by atoms with Crippen molar-refractivity contribution in [3.05, 3.63) is 59.7 Å². The number of hydrogen-bond donors (Lipinski definition) is 3. The number of carbonyl (C=O) groups excluding carboxylic acids is 2. The molecule has 2 atom stereocenters. The predicted molar refractivity (Wildman–Crippen MR) is 123 cm³/mol. The first-order valence-electron chi connectivity index (χ1n) is 11.0. The smallest absolute Gasteiger partial charge is 0.407 e. The molecule has 0 aliphatic heterocycles. The quantitative estimate of drug-likeness (QED) is 0.480. The van der Waals surface area contributed by atoms with Gasteiger partial charge in [0.2, 0.25) is 5.91 Å². The monoisotopic (exact) mass is 454 g/mol. The Labute approximate surface area is 193 Å². The minimum Gasteiger partial charge on any atom is -0.481 e. The molecule has 0 bridgehead atoms. The Balaban J connectivity index is 1.56. The van der Waals surface area contributed by atoms with Gasteiger partial charge in [0, 0.05) is 25.5 Å². The number of alkyl carbamates (subject to hydrolysis) is 1. The first-order chi connectivity index (χ1) is 15.9. The number of hydrogen-bond acceptors (Lipinski definition) is 5. The lowest BCUT2D eigenvalue weighted by Crippen LogP contribution is -2.51. The van der Waals surface area contributed by atoms with Crippen molar-refractivity contribution in [2.24, 2.45) is 0 Å². The van der Waals surface area contributed by atoms with Crippen LogP contribution in [0.25, 0.3) is 11.1 Å². The van der Waals surface area contributed by atoms with Gasteiger partial charge in [0.1, 0.15) is 12.6 Å². The van der Waals surface area contributed by atoms with Gasteiger partial charge in [0.05, 0.1) is 6.61 Å². The van der Waals surface area contributed by atoms with Crippen molar-refractivity contribution in [2.45, 2.75) is 44.2 Å². The van der Waals surface area contributed by atoms with Crippen LogP contribution in [0.5, 0.6) is 0 Å². The number of fused-ring (bicyclic) bond motifs is 3. The molecule has 2 amide bonds. The van der Waals surface area contributed by atoms with Crippen LogP contribution in [0.15, 0.2) is 48.5 Å². The van der Waals surface area contributed by atoms with Crippen LogP contribution < -0.4 is 10.6 Å². The number of carboxylic acid groups (broad SMARTS) is 1. The highest BCUT2D eigenvalue weighted by molar-refractivity contribution is 5.86. The number of carboxylic acids is 1. The molecular formula is C25H30N2O6. The van der Waals surface area contributed by atoms with Gasteiger partial charge in [0.25, 0.3) is 0 Å². The summed E-state index contributed by atoms with van der Waals surface area (Å²) >= 11 is 0. The molecule has 0 radical (unpaired) electrons. The van der Waals surface area contributed by atoms with E-state index in [9.17, 15) is 14.4 Å². The molecule has 8 nitrogen and oxygen atoms in total. The van der Waals surface area contributed by atoms with E-state index in [1.807, 2.05) is 36.4 Å². The van der Waals surface area contributed by atoms with E-state index < -0.39 is 24.0 Å². The summed E-state index contributed by atoms with van der Waals surface area (Å²) in [7, 11) is 1.44. The van der Waals surface area contributed by atoms with Crippen molar-refractivity contribution in [3.8, 4) is 11.1 Å². The van der Waals surface area contributed by atoms with Crippen LogP contribution in [0.4, 0.5) is 4.79 Å². The molecule has 3 rings (SSSR count). The summed E-state index contributed by atoms with van der Waals surface area (Å²) < 4.78 is 10.6. The first-order valence-corrected chi connectivity index (χ1v) is 11.0. The molecule has 8 heteroatoms. The number of aliphatic carboxylic acids is 1. The van der Waals surface area contributed by atoms with Crippen molar-refractivity contribution in [1.29, 1.82) is 0 Å². The molecule has 33 heavy (non-hydrogen) atoms. The largest absolute Gasteiger partial charge is 0.481 e. The summed E-state index contributed by atoms with van der Waals surface area (Å²) in [4.78, 5) is 35.7. The summed E-state index contributed by atoms with van der Waals surface area (Å²) in [5.41, 5.74) is 4.48. The fraction of sp³-hybridized carbons (Fsp3) is 0.400. The van der Waals surface area contributed by atoms with Gasteiger partial charge in [0.15, 0.2) is 0 Å². The van der Waals surface area contributed by atoms with Crippen LogP contribution in [-0.4, -0.2) is 55.5 Å². The van der Waals surface area contributed by atoms with Crippen molar-refractivity contribution in [2.75, 3.05) is 20.3 Å². The van der Waals surface area contributed by atoms with E-state index in [1.54, 1.807) is 6.92 Å². The molecule has 2 aromatic rings. The van der Waals surface area contributed by atoms with Crippen LogP contribution in [0, 0.1) is 0 Å². The number of ether oxygens (including phenoxy) is 2. The number of rotatable bonds is 11. The highest BCUT2D eigenvalue weighted by Gasteiger charge is 2.30. The average molecular weight is 455 g/mol. The predicted octanol–water partition coefficient (Wildman–Crippen LogP) is 3.30. The molecule has 1 aliphatic rings. The van der Waals surface area contributed by atoms with Crippen LogP contribution >= 0.6 is 0 Å². The molecule has 0 saturated heterocycles. The fourth-order valence-corrected chi connectivity index (χ4v) is 4.11. The van der Waals surface area contributed by atoms with E-state index in [0.29, 0.717) is 12.8 Å². The van der Waals surface area contributed by atoms with Gasteiger partial charge in [-0.25, -0.2) is 4.79 Å². The lowest BCUT2D eigenvalue weighted by molar-refractivity contribution is -0.137. The van der Waals surface area contributed by atoms with Gasteiger partial charge in [-0.3, -0.25) is 9.59 Å². The van der Waals surface area contributed by atoms with Crippen LogP contribution in [0.3, 0.4) is 0 Å². The maximum absolute atomic E-state index is 12.6. The zero-order valence-corrected chi connectivity index (χ0v) is 18.9. The normalized spacial score (nSPS) is 14.0. The molecule has 0 saturated carbocycles. The summed E-state index contributed by atoms with van der Waals surface area (Å²) in [5.74, 6) is -1.36. The molecule has 0 spiro atoms. The first kappa shape index (κ1) is 24.3. The molecule has 0 heterocycles. The van der Waals surface area contributed by atoms with Crippen molar-refractivity contribution < 1.29 is 29.0 Å². The Morgan fingerprint density at radius 1 is 1.00 bits per heavy atom. The lowest BCUT2D eigenvalue weighted by atomic mass is 9.98. The van der Waals surface area contributed by atoms with Crippen molar-refractivity contribution in [3.63, 3.8) is 0 Å². The van der Waals surface area contributed by atoms with Gasteiger partial charge < -0.3 is 25.2 Å². The Bertz CT molecular complexity index is 947. The van der Waals surface area contributed by atoms with E-state index >= 15 is 0 Å². The third kappa shape index (κ3) is 6.32. The molecule has 3 N–H and O–H groups in total. The second kappa shape index (κ2) is 11.5. The highest BCUT2D eigenvalue weighted by Crippen LogP contribution is 2.44. The van der Waals surface area contributed by atoms with E-state index in [0.717, 1.165) is 22.3 Å².